The van der Waals surface area contributed by atoms with Gasteiger partial charge in [-0.3, -0.25) is 0 Å². The molecular weight excluding hydrogens is 189 g/mol. The molecule has 0 aliphatic heterocycles. The van der Waals surface area contributed by atoms with Crippen molar-refractivity contribution in [3.8, 4) is 0 Å². The van der Waals surface area contributed by atoms with Gasteiger partial charge in [-0.15, -0.1) is 0 Å². The Bertz CT molecular complexity index is 116. The van der Waals surface area contributed by atoms with Gasteiger partial charge in [-0.1, -0.05) is 24.7 Å². The zero-order chi connectivity index (χ0) is 7.33. The largest absolute Gasteiger partial charge is 0.344 e. The summed E-state index contributed by atoms with van der Waals surface area (Å²) in [6.45, 7) is 2.05. The van der Waals surface area contributed by atoms with Crippen molar-refractivity contribution in [2.24, 2.45) is 0 Å². The number of hydrogen-bond donors (Lipinski definition) is 3. The van der Waals surface area contributed by atoms with Crippen molar-refractivity contribution in [2.75, 3.05) is 5.75 Å². The van der Waals surface area contributed by atoms with Crippen LogP contribution in [0.15, 0.2) is 0 Å². The topological polar surface area (TPSA) is 75.5 Å². The van der Waals surface area contributed by atoms with Gasteiger partial charge >= 0.3 is 0 Å². The second-order valence-electron chi connectivity index (χ2n) is 1.68. The molecule has 0 radical (unpaired) electrons. The predicted molar refractivity (Wildman–Crippen MR) is 51.1 cm³/mol. The van der Waals surface area contributed by atoms with E-state index in [1.165, 1.54) is 0 Å². The van der Waals surface area contributed by atoms with Crippen LogP contribution in [0.4, 0.5) is 0 Å². The highest BCUT2D eigenvalue weighted by Crippen LogP contribution is 2.50. The number of rotatable bonds is 4. The Hall–Kier alpha value is 0.880. The van der Waals surface area contributed by atoms with Crippen molar-refractivity contribution >= 4 is 28.9 Å². The third-order valence-electron chi connectivity index (χ3n) is 0.757. The Morgan fingerprint density at radius 3 is 2.30 bits per heavy atom. The van der Waals surface area contributed by atoms with Gasteiger partial charge in [0.2, 0.25) is 5.69 Å². The van der Waals surface area contributed by atoms with Gasteiger partial charge in [-0.05, 0) is 18.2 Å². The van der Waals surface area contributed by atoms with Crippen LogP contribution in [0, 0.1) is 0 Å². The molecule has 0 aromatic heterocycles. The molecule has 0 saturated carbocycles. The molecule has 0 bridgehead atoms. The van der Waals surface area contributed by atoms with Gasteiger partial charge in [0.1, 0.15) is 0 Å². The molecule has 6 heteroatoms. The van der Waals surface area contributed by atoms with Crippen LogP contribution in [-0.4, -0.2) is 15.5 Å². The molecule has 0 amide bonds. The summed E-state index contributed by atoms with van der Waals surface area (Å²) in [7, 11) is 0. The maximum atomic E-state index is 8.69. The minimum Gasteiger partial charge on any atom is -0.344 e. The lowest BCUT2D eigenvalue weighted by atomic mass is 10.4. The second-order valence-corrected chi connectivity index (χ2v) is 7.85. The minimum absolute atomic E-state index is 0. The molecule has 0 aliphatic carbocycles. The fourth-order valence-electron chi connectivity index (χ4n) is 0.328. The molecule has 3 nitrogen and oxygen atoms in total. The van der Waals surface area contributed by atoms with Gasteiger partial charge in [0.25, 0.3) is 0 Å². The lowest BCUT2D eigenvalue weighted by Crippen LogP contribution is -1.76. The van der Waals surface area contributed by atoms with Crippen molar-refractivity contribution < 1.29 is 9.79 Å². The van der Waals surface area contributed by atoms with Crippen LogP contribution in [0.3, 0.4) is 0 Å². The maximum Gasteiger partial charge on any atom is 0.242 e. The highest BCUT2D eigenvalue weighted by atomic mass is 32.9. The quantitative estimate of drug-likeness (QED) is 0.480. The van der Waals surface area contributed by atoms with Gasteiger partial charge in [-0.2, -0.15) is 0 Å². The fourth-order valence-corrected chi connectivity index (χ4v) is 2.76. The molecular formula is C4H14NO2PS2. The standard InChI is InChI=1S/C4H11O2PS2.H3N/c1-2-3-4-9-7(5,6)8;/h2-4H2,1H3,(H2,5,6,8);1H3. The average molecular weight is 203 g/mol. The van der Waals surface area contributed by atoms with Gasteiger partial charge in [0.15, 0.2) is 0 Å². The molecule has 0 saturated heterocycles. The Morgan fingerprint density at radius 1 is 1.50 bits per heavy atom. The SMILES string of the molecule is CCCCSP(O)(O)=S.N. The monoisotopic (exact) mass is 203 g/mol. The van der Waals surface area contributed by atoms with Crippen molar-refractivity contribution in [2.45, 2.75) is 19.8 Å². The predicted octanol–water partition coefficient (Wildman–Crippen LogP) is 1.89. The van der Waals surface area contributed by atoms with E-state index in [9.17, 15) is 0 Å². The van der Waals surface area contributed by atoms with Crippen molar-refractivity contribution in [3.05, 3.63) is 0 Å². The molecule has 64 valence electrons. The summed E-state index contributed by atoms with van der Waals surface area (Å²) < 4.78 is 0. The summed E-state index contributed by atoms with van der Waals surface area (Å²) in [4.78, 5) is 17.4. The molecule has 0 aromatic carbocycles. The zero-order valence-electron chi connectivity index (χ0n) is 5.99. The highest BCUT2D eigenvalue weighted by Gasteiger charge is 2.05. The van der Waals surface area contributed by atoms with E-state index in [0.717, 1.165) is 30.0 Å². The van der Waals surface area contributed by atoms with E-state index < -0.39 is 5.69 Å². The average Bonchev–Trinajstić information content (AvgIpc) is 1.63. The molecule has 0 heterocycles. The maximum absolute atomic E-state index is 8.69. The summed E-state index contributed by atoms with van der Waals surface area (Å²) in [5.74, 6) is 0.765. The van der Waals surface area contributed by atoms with Crippen LogP contribution in [0.25, 0.3) is 0 Å². The Labute approximate surface area is 70.7 Å². The Balaban J connectivity index is 0. The van der Waals surface area contributed by atoms with E-state index in [-0.39, 0.29) is 6.15 Å². The van der Waals surface area contributed by atoms with E-state index in [2.05, 4.69) is 18.7 Å². The zero-order valence-corrected chi connectivity index (χ0v) is 8.51. The molecule has 0 aromatic rings. The van der Waals surface area contributed by atoms with Crippen molar-refractivity contribution in [3.63, 3.8) is 0 Å². The molecule has 0 fully saturated rings. The lowest BCUT2D eigenvalue weighted by Gasteiger charge is -2.03. The molecule has 0 aliphatic rings. The van der Waals surface area contributed by atoms with Crippen LogP contribution in [0.5, 0.6) is 0 Å². The third kappa shape index (κ3) is 11.6. The lowest BCUT2D eigenvalue weighted by molar-refractivity contribution is 0.502. The van der Waals surface area contributed by atoms with Gasteiger partial charge < -0.3 is 15.9 Å². The summed E-state index contributed by atoms with van der Waals surface area (Å²) in [6.07, 6.45) is 2.08. The van der Waals surface area contributed by atoms with E-state index in [4.69, 9.17) is 9.79 Å². The normalized spacial score (nSPS) is 10.7. The highest BCUT2D eigenvalue weighted by molar-refractivity contribution is 8.67. The summed E-state index contributed by atoms with van der Waals surface area (Å²) in [5.41, 5.74) is -2.95. The first-order valence-corrected chi connectivity index (χ1v) is 7.06. The van der Waals surface area contributed by atoms with E-state index in [0.29, 0.717) is 0 Å². The summed E-state index contributed by atoms with van der Waals surface area (Å²) in [5, 5.41) is 0. The first kappa shape index (κ1) is 13.5. The molecule has 10 heavy (non-hydrogen) atoms. The van der Waals surface area contributed by atoms with Crippen LogP contribution >= 0.6 is 17.1 Å². The van der Waals surface area contributed by atoms with Gasteiger partial charge in [0, 0.05) is 5.75 Å². The van der Waals surface area contributed by atoms with Crippen molar-refractivity contribution in [1.82, 2.24) is 6.15 Å². The molecule has 0 atom stereocenters. The molecule has 0 spiro atoms. The molecule has 5 N–H and O–H groups in total. The van der Waals surface area contributed by atoms with Crippen LogP contribution in [0.1, 0.15) is 19.8 Å². The van der Waals surface area contributed by atoms with Crippen LogP contribution in [0.2, 0.25) is 0 Å². The van der Waals surface area contributed by atoms with Gasteiger partial charge in [0.05, 0.1) is 0 Å². The first-order chi connectivity index (χ1) is 4.06. The molecule has 0 unspecified atom stereocenters. The van der Waals surface area contributed by atoms with E-state index in [1.54, 1.807) is 0 Å². The van der Waals surface area contributed by atoms with Gasteiger partial charge in [-0.25, -0.2) is 0 Å². The second kappa shape index (κ2) is 6.58. The minimum atomic E-state index is -2.95. The van der Waals surface area contributed by atoms with Crippen molar-refractivity contribution in [1.29, 1.82) is 0 Å². The summed E-state index contributed by atoms with van der Waals surface area (Å²) >= 11 is 5.48. The fraction of sp³-hybridized carbons (Fsp3) is 1.00. The number of hydrogen-bond acceptors (Lipinski definition) is 3. The first-order valence-electron chi connectivity index (χ1n) is 2.76. The smallest absolute Gasteiger partial charge is 0.242 e. The van der Waals surface area contributed by atoms with E-state index >= 15 is 0 Å². The summed E-state index contributed by atoms with van der Waals surface area (Å²) in [6, 6.07) is 0. The van der Waals surface area contributed by atoms with Crippen LogP contribution < -0.4 is 6.15 Å². The number of unbranched alkanes of at least 4 members (excludes halogenated alkanes) is 1. The van der Waals surface area contributed by atoms with E-state index in [1.807, 2.05) is 0 Å². The third-order valence-corrected chi connectivity index (χ3v) is 4.07. The molecule has 0 rings (SSSR count). The Kier molecular flexibility index (Phi) is 8.86. The van der Waals surface area contributed by atoms with Crippen LogP contribution in [-0.2, 0) is 11.8 Å². The Morgan fingerprint density at radius 2 is 2.00 bits per heavy atom.